The van der Waals surface area contributed by atoms with E-state index in [0.29, 0.717) is 11.8 Å². The lowest BCUT2D eigenvalue weighted by Gasteiger charge is -2.08. The van der Waals surface area contributed by atoms with Crippen LogP contribution in [0.3, 0.4) is 0 Å². The number of aromatic nitrogens is 3. The summed E-state index contributed by atoms with van der Waals surface area (Å²) in [6.45, 7) is 8.64. The first kappa shape index (κ1) is 9.23. The van der Waals surface area contributed by atoms with E-state index < -0.39 is 0 Å². The Morgan fingerprint density at radius 1 is 1.17 bits per heavy atom. The molecule has 12 heavy (non-hydrogen) atoms. The van der Waals surface area contributed by atoms with Crippen molar-refractivity contribution < 1.29 is 0 Å². The van der Waals surface area contributed by atoms with Gasteiger partial charge in [0.15, 0.2) is 0 Å². The van der Waals surface area contributed by atoms with Gasteiger partial charge in [-0.3, -0.25) is 0 Å². The fraction of sp³-hybridized carbons (Fsp3) is 0.778. The van der Waals surface area contributed by atoms with Crippen molar-refractivity contribution in [1.29, 1.82) is 0 Å². The maximum Gasteiger partial charge on any atom is 0.0887 e. The van der Waals surface area contributed by atoms with Gasteiger partial charge < -0.3 is 0 Å². The molecule has 0 saturated heterocycles. The third-order valence-corrected chi connectivity index (χ3v) is 2.23. The van der Waals surface area contributed by atoms with Gasteiger partial charge in [0.2, 0.25) is 0 Å². The van der Waals surface area contributed by atoms with Crippen LogP contribution in [-0.4, -0.2) is 15.4 Å². The molecule has 0 bridgehead atoms. The van der Waals surface area contributed by atoms with E-state index in [2.05, 4.69) is 43.1 Å². The van der Waals surface area contributed by atoms with E-state index in [1.807, 2.05) is 0 Å². The second kappa shape index (κ2) is 3.70. The molecule has 1 N–H and O–H groups in total. The molecule has 0 aliphatic heterocycles. The molecule has 0 radical (unpaired) electrons. The number of nitrogens with zero attached hydrogens (tertiary/aromatic N) is 2. The highest BCUT2D eigenvalue weighted by atomic mass is 15.3. The SMILES string of the molecule is CCC(C)c1n[nH]nc1C(C)C. The maximum atomic E-state index is 4.17. The van der Waals surface area contributed by atoms with E-state index in [4.69, 9.17) is 0 Å². The number of aromatic amines is 1. The Balaban J connectivity index is 2.91. The average Bonchev–Trinajstić information content (AvgIpc) is 2.50. The van der Waals surface area contributed by atoms with E-state index in [1.54, 1.807) is 0 Å². The first-order valence-electron chi connectivity index (χ1n) is 4.57. The monoisotopic (exact) mass is 167 g/mol. The third kappa shape index (κ3) is 1.65. The molecular weight excluding hydrogens is 150 g/mol. The number of rotatable bonds is 3. The molecule has 0 fully saturated rings. The zero-order chi connectivity index (χ0) is 9.14. The fourth-order valence-corrected chi connectivity index (χ4v) is 1.23. The molecule has 1 unspecified atom stereocenters. The summed E-state index contributed by atoms with van der Waals surface area (Å²) >= 11 is 0. The molecule has 3 heteroatoms. The van der Waals surface area contributed by atoms with Crippen LogP contribution in [-0.2, 0) is 0 Å². The maximum absolute atomic E-state index is 4.17. The summed E-state index contributed by atoms with van der Waals surface area (Å²) in [5.41, 5.74) is 2.25. The normalized spacial score (nSPS) is 13.8. The highest BCUT2D eigenvalue weighted by Crippen LogP contribution is 2.23. The Kier molecular flexibility index (Phi) is 2.84. The van der Waals surface area contributed by atoms with Gasteiger partial charge in [-0.1, -0.05) is 27.7 Å². The van der Waals surface area contributed by atoms with Crippen LogP contribution in [0.15, 0.2) is 0 Å². The number of hydrogen-bond acceptors (Lipinski definition) is 2. The molecule has 3 nitrogen and oxygen atoms in total. The smallest absolute Gasteiger partial charge is 0.0887 e. The van der Waals surface area contributed by atoms with Crippen LogP contribution in [0.4, 0.5) is 0 Å². The lowest BCUT2D eigenvalue weighted by atomic mass is 9.98. The highest BCUT2D eigenvalue weighted by Gasteiger charge is 2.15. The van der Waals surface area contributed by atoms with Crippen molar-refractivity contribution in [3.63, 3.8) is 0 Å². The van der Waals surface area contributed by atoms with Gasteiger partial charge in [-0.15, -0.1) is 0 Å². The zero-order valence-electron chi connectivity index (χ0n) is 8.26. The molecule has 68 valence electrons. The van der Waals surface area contributed by atoms with E-state index >= 15 is 0 Å². The summed E-state index contributed by atoms with van der Waals surface area (Å²) in [7, 11) is 0. The molecular formula is C9H17N3. The predicted octanol–water partition coefficient (Wildman–Crippen LogP) is 2.44. The summed E-state index contributed by atoms with van der Waals surface area (Å²) in [6, 6.07) is 0. The Morgan fingerprint density at radius 3 is 2.25 bits per heavy atom. The lowest BCUT2D eigenvalue weighted by Crippen LogP contribution is -1.99. The van der Waals surface area contributed by atoms with Crippen LogP contribution in [0.1, 0.15) is 57.3 Å². The number of nitrogens with one attached hydrogen (secondary N) is 1. The minimum absolute atomic E-state index is 0.466. The average molecular weight is 167 g/mol. The van der Waals surface area contributed by atoms with Gasteiger partial charge in [0.1, 0.15) is 0 Å². The Morgan fingerprint density at radius 2 is 1.75 bits per heavy atom. The van der Waals surface area contributed by atoms with Gasteiger partial charge in [-0.05, 0) is 12.3 Å². The second-order valence-electron chi connectivity index (χ2n) is 3.56. The highest BCUT2D eigenvalue weighted by molar-refractivity contribution is 5.16. The van der Waals surface area contributed by atoms with Gasteiger partial charge in [0.05, 0.1) is 11.4 Å². The Bertz CT molecular complexity index is 240. The Hall–Kier alpha value is -0.860. The summed E-state index contributed by atoms with van der Waals surface area (Å²) in [5, 5.41) is 11.0. The summed E-state index contributed by atoms with van der Waals surface area (Å²) in [6.07, 6.45) is 1.12. The van der Waals surface area contributed by atoms with E-state index in [0.717, 1.165) is 17.8 Å². The van der Waals surface area contributed by atoms with Gasteiger partial charge >= 0.3 is 0 Å². The largest absolute Gasteiger partial charge is 0.197 e. The molecule has 1 atom stereocenters. The van der Waals surface area contributed by atoms with Crippen molar-refractivity contribution in [2.45, 2.75) is 46.0 Å². The predicted molar refractivity (Wildman–Crippen MR) is 49.2 cm³/mol. The summed E-state index contributed by atoms with van der Waals surface area (Å²) < 4.78 is 0. The van der Waals surface area contributed by atoms with Gasteiger partial charge in [0, 0.05) is 5.92 Å². The van der Waals surface area contributed by atoms with E-state index in [-0.39, 0.29) is 0 Å². The van der Waals surface area contributed by atoms with Crippen LogP contribution < -0.4 is 0 Å². The van der Waals surface area contributed by atoms with Crippen LogP contribution in [0.2, 0.25) is 0 Å². The second-order valence-corrected chi connectivity index (χ2v) is 3.56. The molecule has 0 amide bonds. The van der Waals surface area contributed by atoms with E-state index in [9.17, 15) is 0 Å². The van der Waals surface area contributed by atoms with Crippen molar-refractivity contribution in [1.82, 2.24) is 15.4 Å². The van der Waals surface area contributed by atoms with Crippen LogP contribution in [0.5, 0.6) is 0 Å². The topological polar surface area (TPSA) is 41.6 Å². The van der Waals surface area contributed by atoms with Crippen molar-refractivity contribution in [3.8, 4) is 0 Å². The first-order chi connectivity index (χ1) is 5.66. The lowest BCUT2D eigenvalue weighted by molar-refractivity contribution is 0.683. The van der Waals surface area contributed by atoms with Gasteiger partial charge in [-0.25, -0.2) is 0 Å². The zero-order valence-corrected chi connectivity index (χ0v) is 8.26. The third-order valence-electron chi connectivity index (χ3n) is 2.23. The van der Waals surface area contributed by atoms with Crippen LogP contribution in [0.25, 0.3) is 0 Å². The molecule has 0 spiro atoms. The minimum atomic E-state index is 0.466. The standard InChI is InChI=1S/C9H17N3/c1-5-7(4)9-8(6(2)3)10-12-11-9/h6-7H,5H2,1-4H3,(H,10,11,12). The molecule has 0 aromatic carbocycles. The first-order valence-corrected chi connectivity index (χ1v) is 4.57. The van der Waals surface area contributed by atoms with Crippen molar-refractivity contribution >= 4 is 0 Å². The molecule has 1 heterocycles. The molecule has 1 rings (SSSR count). The molecule has 0 aliphatic rings. The quantitative estimate of drug-likeness (QED) is 0.751. The van der Waals surface area contributed by atoms with Gasteiger partial charge in [-0.2, -0.15) is 15.4 Å². The van der Waals surface area contributed by atoms with Gasteiger partial charge in [0.25, 0.3) is 0 Å². The number of hydrogen-bond donors (Lipinski definition) is 1. The fourth-order valence-electron chi connectivity index (χ4n) is 1.23. The minimum Gasteiger partial charge on any atom is -0.197 e. The molecule has 1 aromatic rings. The summed E-state index contributed by atoms with van der Waals surface area (Å²) in [4.78, 5) is 0. The summed E-state index contributed by atoms with van der Waals surface area (Å²) in [5.74, 6) is 0.980. The van der Waals surface area contributed by atoms with Crippen LogP contribution >= 0.6 is 0 Å². The van der Waals surface area contributed by atoms with E-state index in [1.165, 1.54) is 0 Å². The number of H-pyrrole nitrogens is 1. The molecule has 0 saturated carbocycles. The van der Waals surface area contributed by atoms with Crippen LogP contribution in [0, 0.1) is 0 Å². The Labute approximate surface area is 73.6 Å². The molecule has 1 aromatic heterocycles. The van der Waals surface area contributed by atoms with Crippen molar-refractivity contribution in [3.05, 3.63) is 11.4 Å². The van der Waals surface area contributed by atoms with Crippen molar-refractivity contribution in [2.24, 2.45) is 0 Å². The van der Waals surface area contributed by atoms with Crippen molar-refractivity contribution in [2.75, 3.05) is 0 Å². The molecule has 0 aliphatic carbocycles.